The van der Waals surface area contributed by atoms with Crippen LogP contribution in [0.25, 0.3) is 0 Å². The SMILES string of the molecule is COP(=O)(OC)C1=C[C@@H]2CC[C@@H]3[C@H](CC[C@]4(C)[C@@H](CO[Si](C)(C)C(C)(C)C)CC[C@@H]34)[C@@]2(C)CC1. The largest absolute Gasteiger partial charge is 0.417 e. The molecule has 0 spiro atoms. The second-order valence-corrected chi connectivity index (χ2v) is 21.1. The van der Waals surface area contributed by atoms with Crippen molar-refractivity contribution < 1.29 is 18.0 Å². The second kappa shape index (κ2) is 9.12. The van der Waals surface area contributed by atoms with Crippen LogP contribution in [0.4, 0.5) is 0 Å². The zero-order valence-corrected chi connectivity index (χ0v) is 25.3. The molecule has 0 aromatic heterocycles. The standard InChI is InChI=1S/C28H51O4PSi/c1-26(2,3)34(8,9)32-19-21-11-13-24-23-12-10-20-18-22(33(29,30-6)31-7)14-16-27(20,4)25(23)15-17-28(21,24)5/h18,20-21,23-25H,10-17,19H2,1-9H3/t20-,21+,23-,24-,25-,27-,28+/m0/s1. The smallest absolute Gasteiger partial charge is 0.356 e. The monoisotopic (exact) mass is 510 g/mol. The summed E-state index contributed by atoms with van der Waals surface area (Å²) in [5.41, 5.74) is 0.750. The lowest BCUT2D eigenvalue weighted by molar-refractivity contribution is -0.0943. The Hall–Kier alpha value is 0.0669. The van der Waals surface area contributed by atoms with E-state index in [0.29, 0.717) is 22.7 Å². The van der Waals surface area contributed by atoms with Gasteiger partial charge in [-0.2, -0.15) is 0 Å². The van der Waals surface area contributed by atoms with Gasteiger partial charge in [0.2, 0.25) is 0 Å². The van der Waals surface area contributed by atoms with Gasteiger partial charge >= 0.3 is 7.60 Å². The molecule has 6 heteroatoms. The van der Waals surface area contributed by atoms with E-state index in [-0.39, 0.29) is 5.04 Å². The van der Waals surface area contributed by atoms with Crippen LogP contribution in [0, 0.1) is 40.4 Å². The topological polar surface area (TPSA) is 44.8 Å². The van der Waals surface area contributed by atoms with Gasteiger partial charge in [-0.05, 0) is 110 Å². The lowest BCUT2D eigenvalue weighted by Gasteiger charge is -2.60. The van der Waals surface area contributed by atoms with Crippen molar-refractivity contribution in [2.24, 2.45) is 40.4 Å². The van der Waals surface area contributed by atoms with Crippen LogP contribution in [-0.2, 0) is 18.0 Å². The van der Waals surface area contributed by atoms with Gasteiger partial charge in [0.05, 0.1) is 0 Å². The molecule has 4 aliphatic rings. The quantitative estimate of drug-likeness (QED) is 0.265. The highest BCUT2D eigenvalue weighted by molar-refractivity contribution is 7.58. The normalized spacial score (nSPS) is 40.9. The average Bonchev–Trinajstić information content (AvgIpc) is 3.12. The van der Waals surface area contributed by atoms with Crippen molar-refractivity contribution >= 4 is 15.9 Å². The number of fused-ring (bicyclic) bond motifs is 5. The van der Waals surface area contributed by atoms with Crippen LogP contribution in [0.1, 0.15) is 86.0 Å². The van der Waals surface area contributed by atoms with Gasteiger partial charge in [0.25, 0.3) is 0 Å². The molecule has 4 aliphatic carbocycles. The van der Waals surface area contributed by atoms with Crippen LogP contribution in [0.15, 0.2) is 11.4 Å². The van der Waals surface area contributed by atoms with Crippen molar-refractivity contribution in [2.45, 2.75) is 104 Å². The molecule has 0 aliphatic heterocycles. The van der Waals surface area contributed by atoms with Gasteiger partial charge in [0, 0.05) is 26.1 Å². The van der Waals surface area contributed by atoms with E-state index in [2.05, 4.69) is 53.8 Å². The van der Waals surface area contributed by atoms with E-state index in [1.165, 1.54) is 52.7 Å². The van der Waals surface area contributed by atoms with Crippen molar-refractivity contribution in [3.63, 3.8) is 0 Å². The first kappa shape index (κ1) is 27.1. The highest BCUT2D eigenvalue weighted by Crippen LogP contribution is 2.69. The third-order valence-electron chi connectivity index (χ3n) is 11.7. The van der Waals surface area contributed by atoms with E-state index in [4.69, 9.17) is 13.5 Å². The van der Waals surface area contributed by atoms with Crippen molar-refractivity contribution in [3.05, 3.63) is 11.4 Å². The summed E-state index contributed by atoms with van der Waals surface area (Å²) in [6, 6.07) is 0. The maximum absolute atomic E-state index is 13.1. The fourth-order valence-corrected chi connectivity index (χ4v) is 10.7. The molecule has 0 aromatic rings. The van der Waals surface area contributed by atoms with Crippen LogP contribution in [0.5, 0.6) is 0 Å². The van der Waals surface area contributed by atoms with Crippen molar-refractivity contribution in [3.8, 4) is 0 Å². The van der Waals surface area contributed by atoms with Crippen molar-refractivity contribution in [1.82, 2.24) is 0 Å². The van der Waals surface area contributed by atoms with Gasteiger partial charge in [-0.3, -0.25) is 4.57 Å². The molecular weight excluding hydrogens is 459 g/mol. The van der Waals surface area contributed by atoms with E-state index in [0.717, 1.165) is 42.5 Å². The Kier molecular flexibility index (Phi) is 7.27. The van der Waals surface area contributed by atoms with Gasteiger partial charge in [-0.1, -0.05) is 40.7 Å². The number of hydrogen-bond donors (Lipinski definition) is 0. The molecule has 0 heterocycles. The number of hydrogen-bond acceptors (Lipinski definition) is 4. The zero-order valence-electron chi connectivity index (χ0n) is 23.4. The van der Waals surface area contributed by atoms with Gasteiger partial charge in [-0.25, -0.2) is 0 Å². The van der Waals surface area contributed by atoms with E-state index in [9.17, 15) is 4.57 Å². The molecule has 0 aromatic carbocycles. The van der Waals surface area contributed by atoms with Crippen LogP contribution >= 0.6 is 7.60 Å². The van der Waals surface area contributed by atoms with E-state index < -0.39 is 15.9 Å². The first-order valence-corrected chi connectivity index (χ1v) is 18.2. The predicted octanol–water partition coefficient (Wildman–Crippen LogP) is 8.65. The van der Waals surface area contributed by atoms with Gasteiger partial charge in [0.1, 0.15) is 0 Å². The fraction of sp³-hybridized carbons (Fsp3) is 0.929. The van der Waals surface area contributed by atoms with Crippen LogP contribution in [-0.4, -0.2) is 29.1 Å². The summed E-state index contributed by atoms with van der Waals surface area (Å²) in [6.45, 7) is 18.0. The first-order chi connectivity index (χ1) is 15.7. The minimum Gasteiger partial charge on any atom is -0.417 e. The van der Waals surface area contributed by atoms with Crippen LogP contribution in [0.2, 0.25) is 18.1 Å². The molecule has 3 fully saturated rings. The highest BCUT2D eigenvalue weighted by atomic mass is 31.2. The van der Waals surface area contributed by atoms with Gasteiger partial charge < -0.3 is 13.5 Å². The van der Waals surface area contributed by atoms with E-state index >= 15 is 0 Å². The number of allylic oxidation sites excluding steroid dienone is 2. The Labute approximate surface area is 210 Å². The molecule has 3 saturated carbocycles. The Morgan fingerprint density at radius 2 is 1.62 bits per heavy atom. The molecule has 4 nitrogen and oxygen atoms in total. The molecule has 0 radical (unpaired) electrons. The third kappa shape index (κ3) is 4.28. The van der Waals surface area contributed by atoms with Gasteiger partial charge in [-0.15, -0.1) is 0 Å². The molecule has 0 bridgehead atoms. The summed E-state index contributed by atoms with van der Waals surface area (Å²) in [4.78, 5) is 0. The minimum absolute atomic E-state index is 0.277. The fourth-order valence-electron chi connectivity index (χ4n) is 8.29. The highest BCUT2D eigenvalue weighted by Gasteiger charge is 2.60. The van der Waals surface area contributed by atoms with Crippen molar-refractivity contribution in [1.29, 1.82) is 0 Å². The van der Waals surface area contributed by atoms with Crippen LogP contribution in [0.3, 0.4) is 0 Å². The molecule has 0 amide bonds. The predicted molar refractivity (Wildman–Crippen MR) is 143 cm³/mol. The molecule has 0 saturated heterocycles. The average molecular weight is 511 g/mol. The Balaban J connectivity index is 1.50. The Morgan fingerprint density at radius 1 is 0.971 bits per heavy atom. The first-order valence-electron chi connectivity index (χ1n) is 13.8. The Morgan fingerprint density at radius 3 is 2.24 bits per heavy atom. The number of rotatable bonds is 6. The molecule has 0 N–H and O–H groups in total. The summed E-state index contributed by atoms with van der Waals surface area (Å²) in [5.74, 6) is 3.67. The van der Waals surface area contributed by atoms with E-state index in [1.807, 2.05) is 0 Å². The van der Waals surface area contributed by atoms with Crippen LogP contribution < -0.4 is 0 Å². The molecule has 34 heavy (non-hydrogen) atoms. The second-order valence-electron chi connectivity index (χ2n) is 14.0. The molecule has 4 rings (SSSR count). The molecule has 7 atom stereocenters. The van der Waals surface area contributed by atoms with Crippen molar-refractivity contribution in [2.75, 3.05) is 20.8 Å². The zero-order chi connectivity index (χ0) is 25.2. The lowest BCUT2D eigenvalue weighted by atomic mass is 9.45. The summed E-state index contributed by atoms with van der Waals surface area (Å²) in [6.07, 6.45) is 12.2. The molecule has 0 unspecified atom stereocenters. The lowest BCUT2D eigenvalue weighted by Crippen LogP contribution is -2.53. The summed E-state index contributed by atoms with van der Waals surface area (Å²) in [7, 11) is -1.78. The summed E-state index contributed by atoms with van der Waals surface area (Å²) < 4.78 is 30.5. The molecular formula is C28H51O4PSi. The Bertz CT molecular complexity index is 840. The van der Waals surface area contributed by atoms with E-state index in [1.54, 1.807) is 0 Å². The summed E-state index contributed by atoms with van der Waals surface area (Å²) in [5, 5.41) is 1.20. The molecule has 196 valence electrons. The van der Waals surface area contributed by atoms with Gasteiger partial charge in [0.15, 0.2) is 8.32 Å². The maximum Gasteiger partial charge on any atom is 0.356 e. The third-order valence-corrected chi connectivity index (χ3v) is 18.3. The maximum atomic E-state index is 13.1. The summed E-state index contributed by atoms with van der Waals surface area (Å²) >= 11 is 0. The minimum atomic E-state index is -3.11.